The fourth-order valence-corrected chi connectivity index (χ4v) is 5.62. The highest BCUT2D eigenvalue weighted by molar-refractivity contribution is 5.76. The normalized spacial score (nSPS) is 16.6. The van der Waals surface area contributed by atoms with E-state index in [0.717, 1.165) is 31.9 Å². The molecule has 0 radical (unpaired) electrons. The van der Waals surface area contributed by atoms with Crippen molar-refractivity contribution in [3.8, 4) is 0 Å². The molecule has 5 rings (SSSR count). The maximum atomic E-state index is 4.83. The van der Waals surface area contributed by atoms with Gasteiger partial charge in [0.1, 0.15) is 24.3 Å². The lowest BCUT2D eigenvalue weighted by Gasteiger charge is -2.23. The van der Waals surface area contributed by atoms with Gasteiger partial charge in [-0.3, -0.25) is 9.91 Å². The second-order valence-electron chi connectivity index (χ2n) is 10.8. The van der Waals surface area contributed by atoms with Crippen LogP contribution in [-0.4, -0.2) is 47.1 Å². The quantitative estimate of drug-likeness (QED) is 0.107. The summed E-state index contributed by atoms with van der Waals surface area (Å²) in [6.07, 6.45) is 22.0. The number of rotatable bonds is 15. The Hall–Kier alpha value is -3.91. The van der Waals surface area contributed by atoms with Crippen LogP contribution in [0, 0.1) is 0 Å². The molecule has 0 bridgehead atoms. The van der Waals surface area contributed by atoms with Crippen LogP contribution in [0.1, 0.15) is 38.5 Å². The van der Waals surface area contributed by atoms with Crippen LogP contribution in [-0.2, 0) is 19.6 Å². The van der Waals surface area contributed by atoms with E-state index in [1.54, 1.807) is 0 Å². The summed E-state index contributed by atoms with van der Waals surface area (Å²) in [5.41, 5.74) is 3.78. The van der Waals surface area contributed by atoms with Gasteiger partial charge in [-0.1, -0.05) is 30.3 Å². The third kappa shape index (κ3) is 7.18. The molecule has 0 saturated heterocycles. The molecule has 1 N–H and O–H groups in total. The molecular weight excluding hydrogens is 496 g/mol. The van der Waals surface area contributed by atoms with Crippen molar-refractivity contribution in [2.45, 2.75) is 64.3 Å². The van der Waals surface area contributed by atoms with E-state index in [2.05, 4.69) is 104 Å². The van der Waals surface area contributed by atoms with Crippen molar-refractivity contribution in [3.05, 3.63) is 92.0 Å². The van der Waals surface area contributed by atoms with E-state index in [-0.39, 0.29) is 6.17 Å². The zero-order chi connectivity index (χ0) is 27.6. The van der Waals surface area contributed by atoms with Gasteiger partial charge in [-0.15, -0.1) is 0 Å². The molecule has 40 heavy (non-hydrogen) atoms. The fourth-order valence-electron chi connectivity index (χ4n) is 5.62. The van der Waals surface area contributed by atoms with E-state index in [9.17, 15) is 0 Å². The van der Waals surface area contributed by atoms with Crippen LogP contribution in [0.15, 0.2) is 97.1 Å². The number of hydrogen-bond donors (Lipinski definition) is 1. The molecule has 2 atom stereocenters. The molecule has 3 heterocycles. The van der Waals surface area contributed by atoms with Crippen molar-refractivity contribution in [1.82, 2.24) is 14.1 Å². The Bertz CT molecular complexity index is 1310. The number of aryl methyl sites for hydroxylation is 3. The SMILES string of the molecule is CN(/N=C/C1N(C)c2ccccc2[NH+]1CCCCCC[n+]1ccn(CCCCn2ccnc2)c1)c1ccccc1. The van der Waals surface area contributed by atoms with Crippen molar-refractivity contribution >= 4 is 23.3 Å². The number of benzene rings is 2. The average Bonchev–Trinajstić information content (AvgIpc) is 3.73. The lowest BCUT2D eigenvalue weighted by molar-refractivity contribution is -0.841. The Morgan fingerprint density at radius 3 is 2.52 bits per heavy atom. The second kappa shape index (κ2) is 13.9. The fraction of sp³-hybridized carbons (Fsp3) is 0.406. The molecule has 0 saturated carbocycles. The number of aromatic nitrogens is 4. The van der Waals surface area contributed by atoms with Crippen molar-refractivity contribution < 1.29 is 9.47 Å². The van der Waals surface area contributed by atoms with Crippen LogP contribution >= 0.6 is 0 Å². The second-order valence-corrected chi connectivity index (χ2v) is 10.8. The Morgan fingerprint density at radius 2 is 1.70 bits per heavy atom. The monoisotopic (exact) mass is 540 g/mol. The van der Waals surface area contributed by atoms with Crippen molar-refractivity contribution in [2.75, 3.05) is 30.5 Å². The Morgan fingerprint density at radius 1 is 0.925 bits per heavy atom. The molecule has 0 aliphatic carbocycles. The van der Waals surface area contributed by atoms with E-state index in [4.69, 9.17) is 5.10 Å². The minimum absolute atomic E-state index is 0.193. The standard InChI is InChI=1S/C32H43N8/c1-35-30-16-8-9-17-31(30)40(32(35)26-34-36(2)29-14-6-5-7-15-29)22-11-4-3-10-20-38-24-25-39(28-38)21-13-12-19-37-23-18-33-27-37/h5-9,14-18,23-28,32H,3-4,10-13,19-22H2,1-2H3/q+1/p+1/b34-26+. The molecule has 8 heteroatoms. The zero-order valence-electron chi connectivity index (χ0n) is 24.0. The lowest BCUT2D eigenvalue weighted by Crippen LogP contribution is -3.11. The first-order chi connectivity index (χ1) is 19.7. The third-order valence-electron chi connectivity index (χ3n) is 7.92. The summed E-state index contributed by atoms with van der Waals surface area (Å²) in [6.45, 7) is 4.31. The molecule has 0 fully saturated rings. The van der Waals surface area contributed by atoms with E-state index in [1.165, 1.54) is 54.8 Å². The number of anilines is 2. The molecule has 2 aromatic heterocycles. The smallest absolute Gasteiger partial charge is 0.243 e. The molecule has 2 unspecified atom stereocenters. The van der Waals surface area contributed by atoms with Gasteiger partial charge in [-0.2, -0.15) is 5.10 Å². The minimum Gasteiger partial charge on any atom is -0.337 e. The minimum atomic E-state index is 0.193. The summed E-state index contributed by atoms with van der Waals surface area (Å²) in [6, 6.07) is 19.1. The summed E-state index contributed by atoms with van der Waals surface area (Å²) in [5.74, 6) is 0. The molecule has 210 valence electrons. The van der Waals surface area contributed by atoms with Crippen LogP contribution in [0.2, 0.25) is 0 Å². The number of para-hydroxylation sites is 3. The van der Waals surface area contributed by atoms with Gasteiger partial charge in [0.25, 0.3) is 0 Å². The van der Waals surface area contributed by atoms with Crippen LogP contribution in [0.3, 0.4) is 0 Å². The van der Waals surface area contributed by atoms with Crippen LogP contribution in [0.4, 0.5) is 17.1 Å². The molecule has 8 nitrogen and oxygen atoms in total. The molecule has 2 aromatic carbocycles. The van der Waals surface area contributed by atoms with Gasteiger partial charge >= 0.3 is 0 Å². The van der Waals surface area contributed by atoms with E-state index >= 15 is 0 Å². The summed E-state index contributed by atoms with van der Waals surface area (Å²) < 4.78 is 6.80. The number of quaternary nitrogens is 1. The summed E-state index contributed by atoms with van der Waals surface area (Å²) in [4.78, 5) is 7.97. The van der Waals surface area contributed by atoms with Crippen LogP contribution in [0.5, 0.6) is 0 Å². The number of hydrazone groups is 1. The largest absolute Gasteiger partial charge is 0.337 e. The highest BCUT2D eigenvalue weighted by atomic mass is 15.5. The van der Waals surface area contributed by atoms with Gasteiger partial charge in [-0.25, -0.2) is 14.1 Å². The van der Waals surface area contributed by atoms with E-state index < -0.39 is 0 Å². The predicted molar refractivity (Wildman–Crippen MR) is 162 cm³/mol. The van der Waals surface area contributed by atoms with Gasteiger partial charge in [0.2, 0.25) is 12.5 Å². The van der Waals surface area contributed by atoms with E-state index in [1.807, 2.05) is 36.8 Å². The number of imidazole rings is 2. The number of nitrogens with one attached hydrogen (secondary N) is 1. The number of unbranched alkanes of at least 4 members (excludes halogenated alkanes) is 4. The number of nitrogens with zero attached hydrogens (tertiary/aromatic N) is 7. The molecule has 1 aliphatic heterocycles. The first-order valence-corrected chi connectivity index (χ1v) is 14.7. The average molecular weight is 541 g/mol. The first-order valence-electron chi connectivity index (χ1n) is 14.7. The maximum absolute atomic E-state index is 4.83. The Balaban J connectivity index is 1.05. The van der Waals surface area contributed by atoms with Gasteiger partial charge in [0, 0.05) is 39.1 Å². The summed E-state index contributed by atoms with van der Waals surface area (Å²) in [7, 11) is 4.21. The Labute approximate surface area is 238 Å². The van der Waals surface area contributed by atoms with Crippen LogP contribution < -0.4 is 19.4 Å². The van der Waals surface area contributed by atoms with Gasteiger partial charge in [0.15, 0.2) is 5.69 Å². The lowest BCUT2D eigenvalue weighted by atomic mass is 10.1. The molecule has 0 amide bonds. The highest BCUT2D eigenvalue weighted by Crippen LogP contribution is 2.27. The van der Waals surface area contributed by atoms with Gasteiger partial charge < -0.3 is 9.47 Å². The van der Waals surface area contributed by atoms with E-state index in [0.29, 0.717) is 0 Å². The molecule has 1 aliphatic rings. The highest BCUT2D eigenvalue weighted by Gasteiger charge is 2.37. The Kier molecular flexibility index (Phi) is 9.63. The summed E-state index contributed by atoms with van der Waals surface area (Å²) >= 11 is 0. The number of fused-ring (bicyclic) bond motifs is 1. The molecule has 4 aromatic rings. The predicted octanol–water partition coefficient (Wildman–Crippen LogP) is 4.13. The zero-order valence-corrected chi connectivity index (χ0v) is 24.0. The maximum Gasteiger partial charge on any atom is 0.243 e. The van der Waals surface area contributed by atoms with Gasteiger partial charge in [-0.05, 0) is 56.7 Å². The number of hydrogen-bond acceptors (Lipinski definition) is 4. The van der Waals surface area contributed by atoms with Crippen LogP contribution in [0.25, 0.3) is 0 Å². The molecular formula is C32H44N8+2. The first kappa shape index (κ1) is 27.6. The van der Waals surface area contributed by atoms with Gasteiger partial charge in [0.05, 0.1) is 31.6 Å². The van der Waals surface area contributed by atoms with Crippen molar-refractivity contribution in [2.24, 2.45) is 5.10 Å². The molecule has 0 spiro atoms. The topological polar surface area (TPSA) is 49.9 Å². The van der Waals surface area contributed by atoms with Crippen molar-refractivity contribution in [3.63, 3.8) is 0 Å². The summed E-state index contributed by atoms with van der Waals surface area (Å²) in [5, 5.41) is 6.79. The third-order valence-corrected chi connectivity index (χ3v) is 7.92. The van der Waals surface area contributed by atoms with Crippen molar-refractivity contribution in [1.29, 1.82) is 0 Å².